The molecule has 0 aromatic rings. The van der Waals surface area contributed by atoms with E-state index in [-0.39, 0.29) is 29.9 Å². The maximum absolute atomic E-state index is 11.7. The first-order valence-corrected chi connectivity index (χ1v) is 6.55. The van der Waals surface area contributed by atoms with Gasteiger partial charge < -0.3 is 15.0 Å². The van der Waals surface area contributed by atoms with Gasteiger partial charge in [-0.25, -0.2) is 0 Å². The number of nitrogens with one attached hydrogen (secondary N) is 1. The first kappa shape index (κ1) is 15.0. The molecule has 1 heterocycles. The van der Waals surface area contributed by atoms with E-state index in [9.17, 15) is 9.59 Å². The highest BCUT2D eigenvalue weighted by Gasteiger charge is 2.28. The van der Waals surface area contributed by atoms with E-state index in [1.807, 2.05) is 18.7 Å². The van der Waals surface area contributed by atoms with Gasteiger partial charge in [-0.1, -0.05) is 13.8 Å². The number of hydrogen-bond acceptors (Lipinski definition) is 4. The molecule has 1 amide bonds. The van der Waals surface area contributed by atoms with Gasteiger partial charge in [0.15, 0.2) is 0 Å². The van der Waals surface area contributed by atoms with Gasteiger partial charge in [0.2, 0.25) is 5.91 Å². The van der Waals surface area contributed by atoms with Gasteiger partial charge in [-0.3, -0.25) is 9.59 Å². The van der Waals surface area contributed by atoms with Gasteiger partial charge in [-0.15, -0.1) is 0 Å². The Morgan fingerprint density at radius 1 is 1.28 bits per heavy atom. The lowest BCUT2D eigenvalue weighted by Crippen LogP contribution is -2.51. The zero-order chi connectivity index (χ0) is 13.7. The molecule has 5 heteroatoms. The van der Waals surface area contributed by atoms with Gasteiger partial charge in [0.25, 0.3) is 0 Å². The van der Waals surface area contributed by atoms with Crippen LogP contribution in [0.1, 0.15) is 33.6 Å². The third kappa shape index (κ3) is 3.98. The Bertz CT molecular complexity index is 297. The van der Waals surface area contributed by atoms with E-state index >= 15 is 0 Å². The summed E-state index contributed by atoms with van der Waals surface area (Å²) in [4.78, 5) is 24.7. The Hall–Kier alpha value is -1.10. The molecule has 1 N–H and O–H groups in total. The molecular weight excluding hydrogens is 232 g/mol. The lowest BCUT2D eigenvalue weighted by Gasteiger charge is -2.34. The fraction of sp³-hybridized carbons (Fsp3) is 0.846. The normalized spacial score (nSPS) is 18.8. The third-order valence-electron chi connectivity index (χ3n) is 3.48. The average molecular weight is 256 g/mol. The molecule has 1 saturated heterocycles. The SMILES string of the molecule is COC(=O)C(NC1CCN(C(C)=O)CC1)C(C)C. The van der Waals surface area contributed by atoms with Crippen molar-refractivity contribution in [1.82, 2.24) is 10.2 Å². The van der Waals surface area contributed by atoms with Gasteiger partial charge in [0.1, 0.15) is 6.04 Å². The third-order valence-corrected chi connectivity index (χ3v) is 3.48. The van der Waals surface area contributed by atoms with E-state index in [0.717, 1.165) is 25.9 Å². The highest BCUT2D eigenvalue weighted by atomic mass is 16.5. The molecule has 0 aromatic carbocycles. The van der Waals surface area contributed by atoms with Crippen LogP contribution in [0.3, 0.4) is 0 Å². The number of likely N-dealkylation sites (tertiary alicyclic amines) is 1. The maximum atomic E-state index is 11.7. The molecule has 5 nitrogen and oxygen atoms in total. The van der Waals surface area contributed by atoms with Gasteiger partial charge in [0.05, 0.1) is 7.11 Å². The zero-order valence-corrected chi connectivity index (χ0v) is 11.7. The number of amides is 1. The molecule has 1 rings (SSSR count). The number of rotatable bonds is 4. The predicted octanol–water partition coefficient (Wildman–Crippen LogP) is 0.784. The highest BCUT2D eigenvalue weighted by molar-refractivity contribution is 5.76. The second-order valence-corrected chi connectivity index (χ2v) is 5.19. The number of ether oxygens (including phenoxy) is 1. The van der Waals surface area contributed by atoms with Crippen molar-refractivity contribution in [3.63, 3.8) is 0 Å². The number of carbonyl (C=O) groups is 2. The standard InChI is InChI=1S/C13H24N2O3/c1-9(2)12(13(17)18-4)14-11-5-7-15(8-6-11)10(3)16/h9,11-12,14H,5-8H2,1-4H3. The van der Waals surface area contributed by atoms with Crippen molar-refractivity contribution in [2.45, 2.75) is 45.7 Å². The van der Waals surface area contributed by atoms with Crippen molar-refractivity contribution in [2.75, 3.05) is 20.2 Å². The largest absolute Gasteiger partial charge is 0.468 e. The summed E-state index contributed by atoms with van der Waals surface area (Å²) in [5.74, 6) is 0.115. The molecule has 1 aliphatic rings. The maximum Gasteiger partial charge on any atom is 0.323 e. The van der Waals surface area contributed by atoms with Crippen LogP contribution in [0.15, 0.2) is 0 Å². The molecule has 0 aromatic heterocycles. The predicted molar refractivity (Wildman–Crippen MR) is 69.1 cm³/mol. The Labute approximate surface area is 109 Å². The fourth-order valence-electron chi connectivity index (χ4n) is 2.27. The zero-order valence-electron chi connectivity index (χ0n) is 11.7. The van der Waals surface area contributed by atoms with E-state index < -0.39 is 0 Å². The molecular formula is C13H24N2O3. The smallest absolute Gasteiger partial charge is 0.323 e. The Balaban J connectivity index is 2.47. The van der Waals surface area contributed by atoms with Crippen molar-refractivity contribution < 1.29 is 14.3 Å². The Morgan fingerprint density at radius 2 is 1.83 bits per heavy atom. The van der Waals surface area contributed by atoms with Crippen molar-refractivity contribution in [1.29, 1.82) is 0 Å². The lowest BCUT2D eigenvalue weighted by molar-refractivity contribution is -0.145. The Kier molecular flexibility index (Phi) is 5.59. The quantitative estimate of drug-likeness (QED) is 0.755. The minimum absolute atomic E-state index is 0.127. The summed E-state index contributed by atoms with van der Waals surface area (Å²) in [5, 5.41) is 3.35. The Morgan fingerprint density at radius 3 is 2.22 bits per heavy atom. The monoisotopic (exact) mass is 256 g/mol. The first-order chi connectivity index (χ1) is 8.45. The van der Waals surface area contributed by atoms with E-state index in [4.69, 9.17) is 4.74 Å². The fourth-order valence-corrected chi connectivity index (χ4v) is 2.27. The molecule has 1 fully saturated rings. The molecule has 1 atom stereocenters. The summed E-state index contributed by atoms with van der Waals surface area (Å²) in [6.07, 6.45) is 1.78. The van der Waals surface area contributed by atoms with Crippen LogP contribution in [0.5, 0.6) is 0 Å². The average Bonchev–Trinajstić information content (AvgIpc) is 2.35. The minimum Gasteiger partial charge on any atom is -0.468 e. The molecule has 0 radical (unpaired) electrons. The van der Waals surface area contributed by atoms with Gasteiger partial charge in [-0.2, -0.15) is 0 Å². The molecule has 104 valence electrons. The topological polar surface area (TPSA) is 58.6 Å². The number of esters is 1. The second kappa shape index (κ2) is 6.73. The van der Waals surface area contributed by atoms with Crippen molar-refractivity contribution >= 4 is 11.9 Å². The number of hydrogen-bond donors (Lipinski definition) is 1. The first-order valence-electron chi connectivity index (χ1n) is 6.55. The van der Waals surface area contributed by atoms with Crippen LogP contribution in [-0.4, -0.2) is 49.1 Å². The molecule has 0 aliphatic carbocycles. The highest BCUT2D eigenvalue weighted by Crippen LogP contribution is 2.13. The molecule has 0 spiro atoms. The molecule has 1 unspecified atom stereocenters. The van der Waals surface area contributed by atoms with E-state index in [0.29, 0.717) is 0 Å². The van der Waals surface area contributed by atoms with Gasteiger partial charge in [0, 0.05) is 26.1 Å². The second-order valence-electron chi connectivity index (χ2n) is 5.19. The van der Waals surface area contributed by atoms with Crippen LogP contribution in [0.4, 0.5) is 0 Å². The van der Waals surface area contributed by atoms with Crippen molar-refractivity contribution in [3.05, 3.63) is 0 Å². The van der Waals surface area contributed by atoms with Crippen LogP contribution in [0, 0.1) is 5.92 Å². The van der Waals surface area contributed by atoms with Crippen LogP contribution in [-0.2, 0) is 14.3 Å². The van der Waals surface area contributed by atoms with E-state index in [1.54, 1.807) is 6.92 Å². The lowest BCUT2D eigenvalue weighted by atomic mass is 9.99. The number of carbonyl (C=O) groups excluding carboxylic acids is 2. The summed E-state index contributed by atoms with van der Waals surface area (Å²) >= 11 is 0. The summed E-state index contributed by atoms with van der Waals surface area (Å²) in [5.41, 5.74) is 0. The number of methoxy groups -OCH3 is 1. The van der Waals surface area contributed by atoms with Crippen LogP contribution in [0.25, 0.3) is 0 Å². The molecule has 0 saturated carbocycles. The number of piperidine rings is 1. The van der Waals surface area contributed by atoms with Gasteiger partial charge >= 0.3 is 5.97 Å². The number of nitrogens with zero attached hydrogens (tertiary/aromatic N) is 1. The van der Waals surface area contributed by atoms with Crippen molar-refractivity contribution in [2.24, 2.45) is 5.92 Å². The molecule has 1 aliphatic heterocycles. The summed E-state index contributed by atoms with van der Waals surface area (Å²) in [6.45, 7) is 7.12. The molecule has 0 bridgehead atoms. The van der Waals surface area contributed by atoms with Gasteiger partial charge in [-0.05, 0) is 18.8 Å². The van der Waals surface area contributed by atoms with E-state index in [2.05, 4.69) is 5.32 Å². The van der Waals surface area contributed by atoms with Crippen LogP contribution < -0.4 is 5.32 Å². The minimum atomic E-state index is -0.260. The summed E-state index contributed by atoms with van der Waals surface area (Å²) in [7, 11) is 1.41. The molecule has 18 heavy (non-hydrogen) atoms. The summed E-state index contributed by atoms with van der Waals surface area (Å²) in [6, 6.07) is 0.0241. The van der Waals surface area contributed by atoms with Crippen LogP contribution >= 0.6 is 0 Å². The summed E-state index contributed by atoms with van der Waals surface area (Å²) < 4.78 is 4.81. The van der Waals surface area contributed by atoms with E-state index in [1.165, 1.54) is 7.11 Å². The van der Waals surface area contributed by atoms with Crippen molar-refractivity contribution in [3.8, 4) is 0 Å². The van der Waals surface area contributed by atoms with Crippen LogP contribution in [0.2, 0.25) is 0 Å².